The molecular weight excluding hydrogens is 351 g/mol. The van der Waals surface area contributed by atoms with Gasteiger partial charge in [0.2, 0.25) is 0 Å². The number of halogens is 3. The van der Waals surface area contributed by atoms with Crippen LogP contribution in [0, 0.1) is 5.82 Å². The minimum absolute atomic E-state index is 0.0208. The van der Waals surface area contributed by atoms with Crippen molar-refractivity contribution in [2.75, 3.05) is 19.6 Å². The van der Waals surface area contributed by atoms with Gasteiger partial charge in [0, 0.05) is 25.7 Å². The summed E-state index contributed by atoms with van der Waals surface area (Å²) in [4.78, 5) is 6.43. The summed E-state index contributed by atoms with van der Waals surface area (Å²) in [6.07, 6.45) is -1.15. The maximum absolute atomic E-state index is 13.2. The van der Waals surface area contributed by atoms with Gasteiger partial charge in [-0.1, -0.05) is 6.07 Å². The molecule has 1 aromatic carbocycles. The van der Waals surface area contributed by atoms with Crippen molar-refractivity contribution < 1.29 is 17.9 Å². The van der Waals surface area contributed by atoms with Gasteiger partial charge in [-0.25, -0.2) is 18.2 Å². The van der Waals surface area contributed by atoms with Gasteiger partial charge < -0.3 is 10.5 Å². The van der Waals surface area contributed by atoms with Gasteiger partial charge >= 0.3 is 0 Å². The third-order valence-electron chi connectivity index (χ3n) is 4.37. The molecule has 2 aromatic rings. The van der Waals surface area contributed by atoms with Gasteiger partial charge in [-0.15, -0.1) is 11.3 Å². The second-order valence-corrected chi connectivity index (χ2v) is 6.85. The standard InChI is InChI=1S/C17H20F3N3OS/c18-11-2-1-3-13(8-11)24-12-4-6-23(7-5-12)14(9-21)16-15(17(19)20)22-10-25-16/h1-3,8,10,12,14,17H,4-7,9,21H2. The van der Waals surface area contributed by atoms with Gasteiger partial charge in [0.1, 0.15) is 23.4 Å². The summed E-state index contributed by atoms with van der Waals surface area (Å²) in [6.45, 7) is 1.63. The van der Waals surface area contributed by atoms with Crippen molar-refractivity contribution in [2.24, 2.45) is 5.73 Å². The molecule has 8 heteroatoms. The Morgan fingerprint density at radius 3 is 2.72 bits per heavy atom. The van der Waals surface area contributed by atoms with Crippen molar-refractivity contribution in [1.29, 1.82) is 0 Å². The molecule has 136 valence electrons. The topological polar surface area (TPSA) is 51.4 Å². The molecule has 0 radical (unpaired) electrons. The molecule has 25 heavy (non-hydrogen) atoms. The lowest BCUT2D eigenvalue weighted by atomic mass is 10.0. The predicted molar refractivity (Wildman–Crippen MR) is 90.5 cm³/mol. The van der Waals surface area contributed by atoms with Crippen LogP contribution in [0.1, 0.15) is 35.9 Å². The number of alkyl halides is 2. The van der Waals surface area contributed by atoms with E-state index in [1.54, 1.807) is 12.1 Å². The summed E-state index contributed by atoms with van der Waals surface area (Å²) in [7, 11) is 0. The van der Waals surface area contributed by atoms with Crippen LogP contribution in [0.5, 0.6) is 5.75 Å². The first-order chi connectivity index (χ1) is 12.1. The Balaban J connectivity index is 1.61. The Labute approximate surface area is 148 Å². The number of benzene rings is 1. The highest BCUT2D eigenvalue weighted by atomic mass is 32.1. The van der Waals surface area contributed by atoms with Crippen LogP contribution < -0.4 is 10.5 Å². The van der Waals surface area contributed by atoms with Crippen molar-refractivity contribution in [3.05, 3.63) is 46.2 Å². The third kappa shape index (κ3) is 4.31. The van der Waals surface area contributed by atoms with E-state index in [2.05, 4.69) is 9.88 Å². The Hall–Kier alpha value is -1.64. The normalized spacial score (nSPS) is 17.8. The minimum atomic E-state index is -2.59. The van der Waals surface area contributed by atoms with Gasteiger partial charge in [0.15, 0.2) is 0 Å². The van der Waals surface area contributed by atoms with Gasteiger partial charge in [-0.3, -0.25) is 4.90 Å². The lowest BCUT2D eigenvalue weighted by Gasteiger charge is -2.37. The van der Waals surface area contributed by atoms with E-state index in [1.165, 1.54) is 29.0 Å². The van der Waals surface area contributed by atoms with E-state index in [0.29, 0.717) is 23.7 Å². The number of thiazole rings is 1. The first-order valence-electron chi connectivity index (χ1n) is 8.16. The molecule has 1 aliphatic heterocycles. The number of ether oxygens (including phenoxy) is 1. The highest BCUT2D eigenvalue weighted by Gasteiger charge is 2.30. The van der Waals surface area contributed by atoms with Gasteiger partial charge in [0.25, 0.3) is 6.43 Å². The zero-order valence-corrected chi connectivity index (χ0v) is 14.4. The molecule has 1 unspecified atom stereocenters. The molecule has 1 saturated heterocycles. The average Bonchev–Trinajstić information content (AvgIpc) is 3.07. The number of hydrogen-bond acceptors (Lipinski definition) is 5. The highest BCUT2D eigenvalue weighted by Crippen LogP contribution is 2.34. The molecule has 2 heterocycles. The molecule has 0 aliphatic carbocycles. The molecule has 0 spiro atoms. The number of nitrogens with two attached hydrogens (primary N) is 1. The van der Waals surface area contributed by atoms with E-state index < -0.39 is 6.43 Å². The highest BCUT2D eigenvalue weighted by molar-refractivity contribution is 7.09. The monoisotopic (exact) mass is 371 g/mol. The fourth-order valence-electron chi connectivity index (χ4n) is 3.14. The molecule has 1 fully saturated rings. The van der Waals surface area contributed by atoms with E-state index in [4.69, 9.17) is 10.5 Å². The lowest BCUT2D eigenvalue weighted by Crippen LogP contribution is -2.42. The number of piperidine rings is 1. The smallest absolute Gasteiger partial charge is 0.281 e. The molecule has 3 rings (SSSR count). The van der Waals surface area contributed by atoms with Crippen LogP contribution in [0.2, 0.25) is 0 Å². The van der Waals surface area contributed by atoms with Crippen molar-refractivity contribution in [3.8, 4) is 5.75 Å². The molecule has 1 atom stereocenters. The lowest BCUT2D eigenvalue weighted by molar-refractivity contribution is 0.0755. The Morgan fingerprint density at radius 2 is 2.08 bits per heavy atom. The summed E-state index contributed by atoms with van der Waals surface area (Å²) in [5.41, 5.74) is 7.13. The van der Waals surface area contributed by atoms with E-state index in [9.17, 15) is 13.2 Å². The number of likely N-dealkylation sites (tertiary alicyclic amines) is 1. The summed E-state index contributed by atoms with van der Waals surface area (Å²) in [5.74, 6) is 0.180. The van der Waals surface area contributed by atoms with Gasteiger partial charge in [-0.2, -0.15) is 0 Å². The van der Waals surface area contributed by atoms with Crippen LogP contribution in [-0.2, 0) is 0 Å². The number of aromatic nitrogens is 1. The Kier molecular flexibility index (Phi) is 5.93. The van der Waals surface area contributed by atoms with E-state index in [-0.39, 0.29) is 30.2 Å². The first kappa shape index (κ1) is 18.2. The second-order valence-electron chi connectivity index (χ2n) is 5.96. The zero-order valence-electron chi connectivity index (χ0n) is 13.6. The van der Waals surface area contributed by atoms with Crippen molar-refractivity contribution in [1.82, 2.24) is 9.88 Å². The summed E-state index contributed by atoms with van der Waals surface area (Å²) in [5, 5.41) is 0. The van der Waals surface area contributed by atoms with Crippen molar-refractivity contribution in [2.45, 2.75) is 31.4 Å². The number of hydrogen-bond donors (Lipinski definition) is 1. The zero-order chi connectivity index (χ0) is 17.8. The average molecular weight is 371 g/mol. The van der Waals surface area contributed by atoms with E-state index in [1.807, 2.05) is 0 Å². The molecule has 4 nitrogen and oxygen atoms in total. The largest absolute Gasteiger partial charge is 0.490 e. The van der Waals surface area contributed by atoms with E-state index >= 15 is 0 Å². The molecule has 2 N–H and O–H groups in total. The Bertz CT molecular complexity index is 689. The summed E-state index contributed by atoms with van der Waals surface area (Å²) >= 11 is 1.22. The van der Waals surface area contributed by atoms with Crippen molar-refractivity contribution >= 4 is 11.3 Å². The minimum Gasteiger partial charge on any atom is -0.490 e. The molecule has 0 bridgehead atoms. The molecule has 0 amide bonds. The van der Waals surface area contributed by atoms with Crippen LogP contribution in [-0.4, -0.2) is 35.6 Å². The maximum atomic E-state index is 13.2. The SMILES string of the molecule is NCC(c1scnc1C(F)F)N1CCC(Oc2cccc(F)c2)CC1. The van der Waals surface area contributed by atoms with Crippen LogP contribution in [0.3, 0.4) is 0 Å². The molecular formula is C17H20F3N3OS. The van der Waals surface area contributed by atoms with Gasteiger partial charge in [0.05, 0.1) is 16.4 Å². The predicted octanol–water partition coefficient (Wildman–Crippen LogP) is 3.76. The fourth-order valence-corrected chi connectivity index (χ4v) is 4.08. The summed E-state index contributed by atoms with van der Waals surface area (Å²) in [6, 6.07) is 5.81. The summed E-state index contributed by atoms with van der Waals surface area (Å²) < 4.78 is 45.2. The maximum Gasteiger partial charge on any atom is 0.281 e. The molecule has 1 aromatic heterocycles. The van der Waals surface area contributed by atoms with Crippen LogP contribution in [0.25, 0.3) is 0 Å². The van der Waals surface area contributed by atoms with Gasteiger partial charge in [-0.05, 0) is 25.0 Å². The molecule has 0 saturated carbocycles. The first-order valence-corrected chi connectivity index (χ1v) is 9.04. The second kappa shape index (κ2) is 8.16. The van der Waals surface area contributed by atoms with Crippen molar-refractivity contribution in [3.63, 3.8) is 0 Å². The van der Waals surface area contributed by atoms with Crippen LogP contribution in [0.15, 0.2) is 29.8 Å². The fraction of sp³-hybridized carbons (Fsp3) is 0.471. The van der Waals surface area contributed by atoms with Crippen LogP contribution >= 0.6 is 11.3 Å². The molecule has 1 aliphatic rings. The quantitative estimate of drug-likeness (QED) is 0.840. The Morgan fingerprint density at radius 1 is 1.32 bits per heavy atom. The number of rotatable bonds is 6. The van der Waals surface area contributed by atoms with E-state index in [0.717, 1.165) is 12.8 Å². The van der Waals surface area contributed by atoms with Crippen LogP contribution in [0.4, 0.5) is 13.2 Å². The number of nitrogens with zero attached hydrogens (tertiary/aromatic N) is 2. The third-order valence-corrected chi connectivity index (χ3v) is 5.32.